The Morgan fingerprint density at radius 3 is 2.61 bits per heavy atom. The van der Waals surface area contributed by atoms with Gasteiger partial charge in [-0.25, -0.2) is 9.97 Å². The molecule has 3 N–H and O–H groups in total. The number of benzene rings is 1. The molecule has 0 aliphatic carbocycles. The van der Waals surface area contributed by atoms with Crippen molar-refractivity contribution in [2.24, 2.45) is 0 Å². The molecule has 0 unspecified atom stereocenters. The lowest BCUT2D eigenvalue weighted by Gasteiger charge is -2.09. The van der Waals surface area contributed by atoms with Gasteiger partial charge in [-0.1, -0.05) is 6.92 Å². The van der Waals surface area contributed by atoms with Crippen LogP contribution in [0.5, 0.6) is 0 Å². The number of carbonyl (C=O) groups excluding carboxylic acids is 1. The fraction of sp³-hybridized carbons (Fsp3) is 0.136. The second kappa shape index (κ2) is 9.40. The number of anilines is 3. The first-order chi connectivity index (χ1) is 15.1. The molecular weight excluding hydrogens is 410 g/mol. The summed E-state index contributed by atoms with van der Waals surface area (Å²) in [7, 11) is 0. The van der Waals surface area contributed by atoms with Gasteiger partial charge in [0.05, 0.1) is 5.69 Å². The molecule has 0 atom stereocenters. The van der Waals surface area contributed by atoms with E-state index in [4.69, 9.17) is 4.98 Å². The standard InChI is InChI=1S/C22H21N7OS/c1-3-21(30)24-16-6-8-17(9-7-16)31-22-25-18(15-5-4-10-23-13-15)12-19(27-22)26-20-11-14(2)28-29-20/h4-13H,3H2,1-2H3,(H,24,30)(H2,25,26,27,28,29). The fourth-order valence-electron chi connectivity index (χ4n) is 2.77. The van der Waals surface area contributed by atoms with E-state index in [9.17, 15) is 4.79 Å². The van der Waals surface area contributed by atoms with Gasteiger partial charge < -0.3 is 10.6 Å². The number of rotatable bonds is 7. The minimum Gasteiger partial charge on any atom is -0.326 e. The predicted molar refractivity (Wildman–Crippen MR) is 121 cm³/mol. The summed E-state index contributed by atoms with van der Waals surface area (Å²) < 4.78 is 0. The highest BCUT2D eigenvalue weighted by Crippen LogP contribution is 2.30. The van der Waals surface area contributed by atoms with Crippen molar-refractivity contribution in [1.29, 1.82) is 0 Å². The Hall–Kier alpha value is -3.72. The molecule has 1 amide bonds. The number of aromatic amines is 1. The summed E-state index contributed by atoms with van der Waals surface area (Å²) in [5.41, 5.74) is 3.36. The van der Waals surface area contributed by atoms with E-state index in [2.05, 4.69) is 30.8 Å². The Labute approximate surface area is 184 Å². The molecule has 156 valence electrons. The number of pyridine rings is 1. The van der Waals surface area contributed by atoms with Crippen LogP contribution < -0.4 is 10.6 Å². The Balaban J connectivity index is 1.61. The number of hydrogen-bond donors (Lipinski definition) is 3. The molecular formula is C22H21N7OS. The Kier molecular flexibility index (Phi) is 6.23. The first kappa shape index (κ1) is 20.5. The van der Waals surface area contributed by atoms with Gasteiger partial charge in [-0.3, -0.25) is 14.9 Å². The maximum Gasteiger partial charge on any atom is 0.224 e. The van der Waals surface area contributed by atoms with E-state index in [-0.39, 0.29) is 5.91 Å². The van der Waals surface area contributed by atoms with E-state index in [1.807, 2.05) is 62.4 Å². The summed E-state index contributed by atoms with van der Waals surface area (Å²) in [5.74, 6) is 1.30. The van der Waals surface area contributed by atoms with Crippen molar-refractivity contribution in [3.63, 3.8) is 0 Å². The second-order valence-electron chi connectivity index (χ2n) is 6.75. The van der Waals surface area contributed by atoms with Crippen LogP contribution in [-0.4, -0.2) is 31.1 Å². The van der Waals surface area contributed by atoms with E-state index in [1.54, 1.807) is 12.4 Å². The Morgan fingerprint density at radius 1 is 1.10 bits per heavy atom. The normalized spacial score (nSPS) is 10.6. The van der Waals surface area contributed by atoms with Crippen molar-refractivity contribution < 1.29 is 4.79 Å². The van der Waals surface area contributed by atoms with Gasteiger partial charge >= 0.3 is 0 Å². The molecule has 31 heavy (non-hydrogen) atoms. The number of H-pyrrole nitrogens is 1. The van der Waals surface area contributed by atoms with Crippen molar-refractivity contribution in [1.82, 2.24) is 25.1 Å². The lowest BCUT2D eigenvalue weighted by molar-refractivity contribution is -0.115. The van der Waals surface area contributed by atoms with Crippen molar-refractivity contribution in [2.75, 3.05) is 10.6 Å². The topological polar surface area (TPSA) is 108 Å². The van der Waals surface area contributed by atoms with Crippen LogP contribution in [0, 0.1) is 6.92 Å². The molecule has 4 aromatic rings. The average molecular weight is 432 g/mol. The monoisotopic (exact) mass is 431 g/mol. The molecule has 0 radical (unpaired) electrons. The maximum absolute atomic E-state index is 11.6. The van der Waals surface area contributed by atoms with Gasteiger partial charge in [0.2, 0.25) is 5.91 Å². The lowest BCUT2D eigenvalue weighted by Crippen LogP contribution is -2.08. The predicted octanol–water partition coefficient (Wildman–Crippen LogP) is 4.81. The van der Waals surface area contributed by atoms with Crippen molar-refractivity contribution >= 4 is 35.0 Å². The SMILES string of the molecule is CCC(=O)Nc1ccc(Sc2nc(Nc3cc(C)[nH]n3)cc(-c3cccnc3)n2)cc1. The third-order valence-electron chi connectivity index (χ3n) is 4.29. The first-order valence-electron chi connectivity index (χ1n) is 9.75. The lowest BCUT2D eigenvalue weighted by atomic mass is 10.2. The number of hydrogen-bond acceptors (Lipinski definition) is 7. The van der Waals surface area contributed by atoms with E-state index < -0.39 is 0 Å². The van der Waals surface area contributed by atoms with Crippen molar-refractivity contribution in [3.8, 4) is 11.3 Å². The van der Waals surface area contributed by atoms with Gasteiger partial charge in [-0.2, -0.15) is 5.10 Å². The zero-order chi connectivity index (χ0) is 21.6. The molecule has 0 saturated carbocycles. The Morgan fingerprint density at radius 2 is 1.94 bits per heavy atom. The molecule has 3 aromatic heterocycles. The number of aryl methyl sites for hydroxylation is 1. The number of nitrogens with zero attached hydrogens (tertiary/aromatic N) is 4. The van der Waals surface area contributed by atoms with Gasteiger partial charge in [-0.05, 0) is 55.1 Å². The Bertz CT molecular complexity index is 1180. The van der Waals surface area contributed by atoms with E-state index >= 15 is 0 Å². The summed E-state index contributed by atoms with van der Waals surface area (Å²) in [6, 6.07) is 15.2. The largest absolute Gasteiger partial charge is 0.326 e. The van der Waals surface area contributed by atoms with Crippen molar-refractivity contribution in [3.05, 3.63) is 66.6 Å². The highest BCUT2D eigenvalue weighted by atomic mass is 32.2. The minimum atomic E-state index is -0.0165. The molecule has 0 aliphatic heterocycles. The third kappa shape index (κ3) is 5.46. The van der Waals surface area contributed by atoms with Gasteiger partial charge in [0, 0.05) is 52.8 Å². The van der Waals surface area contributed by atoms with Crippen LogP contribution in [0.1, 0.15) is 19.0 Å². The van der Waals surface area contributed by atoms with Gasteiger partial charge in [0.1, 0.15) is 5.82 Å². The molecule has 9 heteroatoms. The molecule has 0 spiro atoms. The fourth-order valence-corrected chi connectivity index (χ4v) is 3.54. The highest BCUT2D eigenvalue weighted by molar-refractivity contribution is 7.99. The smallest absolute Gasteiger partial charge is 0.224 e. The third-order valence-corrected chi connectivity index (χ3v) is 5.17. The molecule has 3 heterocycles. The van der Waals surface area contributed by atoms with Crippen LogP contribution in [0.25, 0.3) is 11.3 Å². The van der Waals surface area contributed by atoms with Gasteiger partial charge in [0.25, 0.3) is 0 Å². The summed E-state index contributed by atoms with van der Waals surface area (Å²) in [6.07, 6.45) is 3.94. The van der Waals surface area contributed by atoms with Crippen LogP contribution in [0.3, 0.4) is 0 Å². The zero-order valence-electron chi connectivity index (χ0n) is 17.1. The summed E-state index contributed by atoms with van der Waals surface area (Å²) >= 11 is 1.44. The molecule has 0 fully saturated rings. The van der Waals surface area contributed by atoms with Crippen LogP contribution in [0.2, 0.25) is 0 Å². The quantitative estimate of drug-likeness (QED) is 0.360. The van der Waals surface area contributed by atoms with Gasteiger partial charge in [0.15, 0.2) is 11.0 Å². The van der Waals surface area contributed by atoms with E-state index in [1.165, 1.54) is 11.8 Å². The average Bonchev–Trinajstić information content (AvgIpc) is 3.20. The van der Waals surface area contributed by atoms with Crippen molar-refractivity contribution in [2.45, 2.75) is 30.3 Å². The second-order valence-corrected chi connectivity index (χ2v) is 7.79. The highest BCUT2D eigenvalue weighted by Gasteiger charge is 2.10. The van der Waals surface area contributed by atoms with E-state index in [0.717, 1.165) is 27.5 Å². The maximum atomic E-state index is 11.6. The summed E-state index contributed by atoms with van der Waals surface area (Å²) in [4.78, 5) is 26.1. The molecule has 1 aromatic carbocycles. The number of nitrogens with one attached hydrogen (secondary N) is 3. The van der Waals surface area contributed by atoms with Crippen LogP contribution >= 0.6 is 11.8 Å². The molecule has 0 bridgehead atoms. The first-order valence-corrected chi connectivity index (χ1v) is 10.6. The molecule has 0 saturated heterocycles. The van der Waals surface area contributed by atoms with Crippen LogP contribution in [-0.2, 0) is 4.79 Å². The summed E-state index contributed by atoms with van der Waals surface area (Å²) in [5, 5.41) is 13.8. The molecule has 4 rings (SSSR count). The number of aromatic nitrogens is 5. The summed E-state index contributed by atoms with van der Waals surface area (Å²) in [6.45, 7) is 3.76. The van der Waals surface area contributed by atoms with Gasteiger partial charge in [-0.15, -0.1) is 0 Å². The molecule has 0 aliphatic rings. The van der Waals surface area contributed by atoms with Crippen LogP contribution in [0.4, 0.5) is 17.3 Å². The number of amides is 1. The van der Waals surface area contributed by atoms with Crippen LogP contribution in [0.15, 0.2) is 71.0 Å². The van der Waals surface area contributed by atoms with E-state index in [0.29, 0.717) is 23.2 Å². The minimum absolute atomic E-state index is 0.0165. The molecule has 8 nitrogen and oxygen atoms in total. The zero-order valence-corrected chi connectivity index (χ0v) is 17.9. The number of carbonyl (C=O) groups is 1.